The first-order valence-electron chi connectivity index (χ1n) is 6.52. The first kappa shape index (κ1) is 9.76. The highest BCUT2D eigenvalue weighted by Gasteiger charge is 2.48. The van der Waals surface area contributed by atoms with Crippen LogP contribution >= 0.6 is 0 Å². The van der Waals surface area contributed by atoms with E-state index in [1.807, 2.05) is 0 Å². The molecule has 0 aromatic heterocycles. The Labute approximate surface area is 95.6 Å². The van der Waals surface area contributed by atoms with Crippen LogP contribution in [0.5, 0.6) is 0 Å². The molecule has 4 aliphatic heterocycles. The summed E-state index contributed by atoms with van der Waals surface area (Å²) in [5.41, 5.74) is 13.9. The van der Waals surface area contributed by atoms with Crippen molar-refractivity contribution in [2.75, 3.05) is 0 Å². The van der Waals surface area contributed by atoms with E-state index < -0.39 is 0 Å². The van der Waals surface area contributed by atoms with Crippen molar-refractivity contribution in [2.45, 2.75) is 63.2 Å². The molecule has 0 amide bonds. The smallest absolute Gasteiger partial charge is 0.0882 e. The third-order valence-electron chi connectivity index (χ3n) is 4.29. The van der Waals surface area contributed by atoms with Crippen LogP contribution in [0.25, 0.3) is 0 Å². The van der Waals surface area contributed by atoms with Crippen molar-refractivity contribution in [2.24, 2.45) is 0 Å². The quantitative estimate of drug-likeness (QED) is 0.441. The molecular weight excluding hydrogens is 204 g/mol. The lowest BCUT2D eigenvalue weighted by Gasteiger charge is -2.61. The number of nitrogens with zero attached hydrogens (tertiary/aromatic N) is 2. The Morgan fingerprint density at radius 3 is 1.19 bits per heavy atom. The SMILES string of the molecule is C1CC2NNC3CCCC4NNC(C1)N2N34. The molecule has 0 spiro atoms. The van der Waals surface area contributed by atoms with Crippen molar-refractivity contribution < 1.29 is 0 Å². The average Bonchev–Trinajstić information content (AvgIpc) is 2.36. The van der Waals surface area contributed by atoms with Gasteiger partial charge in [-0.3, -0.25) is 0 Å². The second-order valence-electron chi connectivity index (χ2n) is 5.26. The minimum atomic E-state index is 0.463. The summed E-state index contributed by atoms with van der Waals surface area (Å²) in [7, 11) is 0. The third-order valence-corrected chi connectivity index (χ3v) is 4.29. The summed E-state index contributed by atoms with van der Waals surface area (Å²) < 4.78 is 0. The van der Waals surface area contributed by atoms with Crippen LogP contribution in [0, 0.1) is 0 Å². The lowest BCUT2D eigenvalue weighted by Crippen LogP contribution is -2.84. The summed E-state index contributed by atoms with van der Waals surface area (Å²) in [6, 6.07) is 0. The van der Waals surface area contributed by atoms with Crippen molar-refractivity contribution in [1.82, 2.24) is 31.7 Å². The summed E-state index contributed by atoms with van der Waals surface area (Å²) >= 11 is 0. The monoisotopic (exact) mass is 224 g/mol. The van der Waals surface area contributed by atoms with Crippen LogP contribution in [0.3, 0.4) is 0 Å². The third kappa shape index (κ3) is 1.28. The summed E-state index contributed by atoms with van der Waals surface area (Å²) in [5, 5.41) is 5.07. The second-order valence-corrected chi connectivity index (χ2v) is 5.26. The molecule has 4 heterocycles. The Hall–Kier alpha value is -0.240. The van der Waals surface area contributed by atoms with Gasteiger partial charge >= 0.3 is 0 Å². The number of nitrogens with one attached hydrogen (secondary N) is 4. The van der Waals surface area contributed by atoms with Gasteiger partial charge in [-0.2, -0.15) is 0 Å². The Balaban J connectivity index is 1.67. The van der Waals surface area contributed by atoms with E-state index in [-0.39, 0.29) is 0 Å². The molecule has 0 aromatic carbocycles. The van der Waals surface area contributed by atoms with Crippen molar-refractivity contribution in [3.63, 3.8) is 0 Å². The molecule has 4 saturated heterocycles. The fraction of sp³-hybridized carbons (Fsp3) is 1.00. The Morgan fingerprint density at radius 1 is 0.562 bits per heavy atom. The Bertz CT molecular complexity index is 232. The highest BCUT2D eigenvalue weighted by Crippen LogP contribution is 2.33. The van der Waals surface area contributed by atoms with E-state index in [2.05, 4.69) is 31.7 Å². The maximum absolute atomic E-state index is 3.47. The number of rotatable bonds is 0. The maximum atomic E-state index is 3.47. The fourth-order valence-electron chi connectivity index (χ4n) is 3.55. The van der Waals surface area contributed by atoms with Crippen LogP contribution < -0.4 is 21.7 Å². The standard InChI is InChI=1S/C10H20N6/c1-3-7-11-13-9-5-2-6-10-14-12-8(4-1)15(7)16(9)10/h7-14H,1-6H2. The van der Waals surface area contributed by atoms with Gasteiger partial charge in [0, 0.05) is 0 Å². The highest BCUT2D eigenvalue weighted by molar-refractivity contribution is 4.92. The van der Waals surface area contributed by atoms with E-state index in [0.717, 1.165) is 0 Å². The Morgan fingerprint density at radius 2 is 0.875 bits per heavy atom. The van der Waals surface area contributed by atoms with Crippen molar-refractivity contribution >= 4 is 0 Å². The van der Waals surface area contributed by atoms with Crippen LogP contribution in [0.4, 0.5) is 0 Å². The molecule has 16 heavy (non-hydrogen) atoms. The van der Waals surface area contributed by atoms with E-state index in [4.69, 9.17) is 0 Å². The minimum Gasteiger partial charge on any atom is -0.238 e. The zero-order chi connectivity index (χ0) is 10.5. The normalized spacial score (nSPS) is 48.8. The second kappa shape index (κ2) is 3.63. The first-order chi connectivity index (χ1) is 7.93. The molecule has 4 fully saturated rings. The van der Waals surface area contributed by atoms with Gasteiger partial charge in [0.25, 0.3) is 0 Å². The lowest BCUT2D eigenvalue weighted by molar-refractivity contribution is -0.263. The molecule has 4 aliphatic rings. The first-order valence-corrected chi connectivity index (χ1v) is 6.52. The van der Waals surface area contributed by atoms with Crippen molar-refractivity contribution in [3.8, 4) is 0 Å². The highest BCUT2D eigenvalue weighted by atomic mass is 15.9. The summed E-state index contributed by atoms with van der Waals surface area (Å²) in [6.07, 6.45) is 9.38. The van der Waals surface area contributed by atoms with E-state index in [0.29, 0.717) is 24.7 Å². The number of hydrogen-bond donors (Lipinski definition) is 4. The number of piperidine rings is 2. The minimum absolute atomic E-state index is 0.463. The molecule has 0 aliphatic carbocycles. The van der Waals surface area contributed by atoms with E-state index in [9.17, 15) is 0 Å². The molecule has 4 rings (SSSR count). The number of hydrogen-bond acceptors (Lipinski definition) is 6. The molecule has 0 radical (unpaired) electrons. The van der Waals surface area contributed by atoms with Crippen LogP contribution in [0.2, 0.25) is 0 Å². The van der Waals surface area contributed by atoms with Crippen LogP contribution in [0.1, 0.15) is 38.5 Å². The van der Waals surface area contributed by atoms with Gasteiger partial charge in [-0.05, 0) is 38.5 Å². The van der Waals surface area contributed by atoms with Gasteiger partial charge in [-0.25, -0.2) is 31.7 Å². The molecule has 90 valence electrons. The summed E-state index contributed by atoms with van der Waals surface area (Å²) in [4.78, 5) is 0. The fourth-order valence-corrected chi connectivity index (χ4v) is 3.55. The summed E-state index contributed by atoms with van der Waals surface area (Å²) in [6.45, 7) is 0. The largest absolute Gasteiger partial charge is 0.238 e. The molecule has 0 saturated carbocycles. The topological polar surface area (TPSA) is 54.6 Å². The zero-order valence-electron chi connectivity index (χ0n) is 9.45. The molecule has 4 unspecified atom stereocenters. The maximum Gasteiger partial charge on any atom is 0.0882 e. The molecule has 6 heteroatoms. The molecule has 0 aromatic rings. The average molecular weight is 224 g/mol. The van der Waals surface area contributed by atoms with Gasteiger partial charge in [-0.15, -0.1) is 0 Å². The molecule has 0 bridgehead atoms. The molecule has 4 N–H and O–H groups in total. The van der Waals surface area contributed by atoms with Gasteiger partial charge in [0.1, 0.15) is 0 Å². The molecular formula is C10H20N6. The van der Waals surface area contributed by atoms with Crippen LogP contribution in [-0.2, 0) is 0 Å². The van der Waals surface area contributed by atoms with Gasteiger partial charge < -0.3 is 0 Å². The molecule has 6 nitrogen and oxygen atoms in total. The summed E-state index contributed by atoms with van der Waals surface area (Å²) in [5.74, 6) is 0. The number of hydrazine groups is 3. The van der Waals surface area contributed by atoms with Gasteiger partial charge in [-0.1, -0.05) is 0 Å². The van der Waals surface area contributed by atoms with Gasteiger partial charge in [0.05, 0.1) is 24.7 Å². The van der Waals surface area contributed by atoms with Crippen molar-refractivity contribution in [3.05, 3.63) is 0 Å². The Kier molecular flexibility index (Phi) is 2.21. The van der Waals surface area contributed by atoms with Gasteiger partial charge in [0.2, 0.25) is 0 Å². The predicted octanol–water partition coefficient (Wildman–Crippen LogP) is -0.607. The van der Waals surface area contributed by atoms with E-state index in [1.165, 1.54) is 38.5 Å². The zero-order valence-corrected chi connectivity index (χ0v) is 9.45. The molecule has 4 atom stereocenters. The lowest BCUT2D eigenvalue weighted by atomic mass is 10.0. The van der Waals surface area contributed by atoms with Crippen LogP contribution in [-0.4, -0.2) is 34.7 Å². The predicted molar refractivity (Wildman–Crippen MR) is 59.1 cm³/mol. The van der Waals surface area contributed by atoms with E-state index >= 15 is 0 Å². The van der Waals surface area contributed by atoms with E-state index in [1.54, 1.807) is 0 Å². The van der Waals surface area contributed by atoms with Crippen molar-refractivity contribution in [1.29, 1.82) is 0 Å². The van der Waals surface area contributed by atoms with Crippen LogP contribution in [0.15, 0.2) is 0 Å². The van der Waals surface area contributed by atoms with Gasteiger partial charge in [0.15, 0.2) is 0 Å².